The van der Waals surface area contributed by atoms with Crippen molar-refractivity contribution in [2.45, 2.75) is 19.8 Å². The Kier molecular flexibility index (Phi) is 5.48. The van der Waals surface area contributed by atoms with Crippen LogP contribution in [-0.4, -0.2) is 48.6 Å². The lowest BCUT2D eigenvalue weighted by atomic mass is 10.0. The SMILES string of the molecule is CC(C)c1cccc2sc(N3CCN(C(=O)COc4ccccc4)CC3)nc12. The number of amides is 1. The second-order valence-electron chi connectivity index (χ2n) is 7.31. The highest BCUT2D eigenvalue weighted by molar-refractivity contribution is 7.22. The zero-order valence-corrected chi connectivity index (χ0v) is 17.1. The molecule has 0 bridgehead atoms. The van der Waals surface area contributed by atoms with Gasteiger partial charge in [0.15, 0.2) is 11.7 Å². The van der Waals surface area contributed by atoms with Gasteiger partial charge in [-0.15, -0.1) is 0 Å². The summed E-state index contributed by atoms with van der Waals surface area (Å²) >= 11 is 1.74. The molecule has 0 spiro atoms. The highest BCUT2D eigenvalue weighted by atomic mass is 32.1. The predicted molar refractivity (Wildman–Crippen MR) is 114 cm³/mol. The quantitative estimate of drug-likeness (QED) is 0.651. The average Bonchev–Trinajstić information content (AvgIpc) is 3.17. The minimum absolute atomic E-state index is 0.0369. The van der Waals surface area contributed by atoms with Crippen molar-refractivity contribution < 1.29 is 9.53 Å². The number of hydrogen-bond acceptors (Lipinski definition) is 5. The number of benzene rings is 2. The van der Waals surface area contributed by atoms with E-state index >= 15 is 0 Å². The van der Waals surface area contributed by atoms with Crippen LogP contribution in [0, 0.1) is 0 Å². The second-order valence-corrected chi connectivity index (χ2v) is 8.32. The molecule has 2 aromatic carbocycles. The Labute approximate surface area is 169 Å². The van der Waals surface area contributed by atoms with Crippen molar-refractivity contribution in [3.05, 3.63) is 54.1 Å². The summed E-state index contributed by atoms with van der Waals surface area (Å²) in [4.78, 5) is 21.5. The first kappa shape index (κ1) is 18.7. The van der Waals surface area contributed by atoms with E-state index in [2.05, 4.69) is 36.9 Å². The largest absolute Gasteiger partial charge is 0.484 e. The van der Waals surface area contributed by atoms with Crippen LogP contribution in [0.5, 0.6) is 5.75 Å². The van der Waals surface area contributed by atoms with E-state index in [1.54, 1.807) is 11.3 Å². The monoisotopic (exact) mass is 395 g/mol. The number of rotatable bonds is 5. The summed E-state index contributed by atoms with van der Waals surface area (Å²) in [5.74, 6) is 1.22. The molecule has 0 saturated carbocycles. The molecule has 6 heteroatoms. The zero-order valence-electron chi connectivity index (χ0n) is 16.3. The van der Waals surface area contributed by atoms with Crippen LogP contribution in [0.3, 0.4) is 0 Å². The molecule has 0 atom stereocenters. The Morgan fingerprint density at radius 1 is 1.07 bits per heavy atom. The standard InChI is InChI=1S/C22H25N3O2S/c1-16(2)18-9-6-10-19-21(18)23-22(28-19)25-13-11-24(12-14-25)20(26)15-27-17-7-4-3-5-8-17/h3-10,16H,11-15H2,1-2H3. The van der Waals surface area contributed by atoms with Crippen molar-refractivity contribution in [3.8, 4) is 5.75 Å². The van der Waals surface area contributed by atoms with E-state index in [0.717, 1.165) is 29.5 Å². The summed E-state index contributed by atoms with van der Waals surface area (Å²) < 4.78 is 6.83. The lowest BCUT2D eigenvalue weighted by Crippen LogP contribution is -2.50. The van der Waals surface area contributed by atoms with Crippen LogP contribution in [0.4, 0.5) is 5.13 Å². The maximum atomic E-state index is 12.4. The number of thiazole rings is 1. The molecule has 4 rings (SSSR count). The molecule has 146 valence electrons. The smallest absolute Gasteiger partial charge is 0.260 e. The number of nitrogens with zero attached hydrogens (tertiary/aromatic N) is 3. The summed E-state index contributed by atoms with van der Waals surface area (Å²) in [5.41, 5.74) is 2.42. The van der Waals surface area contributed by atoms with Gasteiger partial charge in [-0.3, -0.25) is 4.79 Å². The number of hydrogen-bond donors (Lipinski definition) is 0. The molecule has 28 heavy (non-hydrogen) atoms. The van der Waals surface area contributed by atoms with Gasteiger partial charge in [0.05, 0.1) is 10.2 Å². The van der Waals surface area contributed by atoms with Crippen molar-refractivity contribution in [2.75, 3.05) is 37.7 Å². The Bertz CT molecular complexity index is 947. The van der Waals surface area contributed by atoms with Gasteiger partial charge in [-0.2, -0.15) is 0 Å². The number of carbonyl (C=O) groups is 1. The Balaban J connectivity index is 1.37. The van der Waals surface area contributed by atoms with Crippen LogP contribution < -0.4 is 9.64 Å². The average molecular weight is 396 g/mol. The first-order chi connectivity index (χ1) is 13.6. The van der Waals surface area contributed by atoms with Crippen LogP contribution in [-0.2, 0) is 4.79 Å². The summed E-state index contributed by atoms with van der Waals surface area (Å²) in [6.45, 7) is 7.49. The van der Waals surface area contributed by atoms with Gasteiger partial charge in [0.2, 0.25) is 0 Å². The highest BCUT2D eigenvalue weighted by Gasteiger charge is 2.24. The Morgan fingerprint density at radius 3 is 2.54 bits per heavy atom. The Morgan fingerprint density at radius 2 is 1.82 bits per heavy atom. The first-order valence-electron chi connectivity index (χ1n) is 9.72. The number of piperazine rings is 1. The van der Waals surface area contributed by atoms with Crippen LogP contribution in [0.2, 0.25) is 0 Å². The predicted octanol–water partition coefficient (Wildman–Crippen LogP) is 4.15. The van der Waals surface area contributed by atoms with E-state index in [1.807, 2.05) is 35.2 Å². The fourth-order valence-electron chi connectivity index (χ4n) is 3.46. The second kappa shape index (κ2) is 8.19. The van der Waals surface area contributed by atoms with Gasteiger partial charge in [-0.25, -0.2) is 4.98 Å². The first-order valence-corrected chi connectivity index (χ1v) is 10.5. The molecule has 1 aliphatic heterocycles. The molecule has 1 aromatic heterocycles. The number of carbonyl (C=O) groups excluding carboxylic acids is 1. The van der Waals surface area contributed by atoms with E-state index < -0.39 is 0 Å². The van der Waals surface area contributed by atoms with Crippen LogP contribution in [0.25, 0.3) is 10.2 Å². The molecule has 1 fully saturated rings. The third-order valence-electron chi connectivity index (χ3n) is 5.07. The number of aromatic nitrogens is 1. The lowest BCUT2D eigenvalue weighted by Gasteiger charge is -2.34. The molecule has 2 heterocycles. The molecular weight excluding hydrogens is 370 g/mol. The van der Waals surface area contributed by atoms with Crippen LogP contribution >= 0.6 is 11.3 Å². The summed E-state index contributed by atoms with van der Waals surface area (Å²) in [6.07, 6.45) is 0. The van der Waals surface area contributed by atoms with Crippen molar-refractivity contribution in [1.29, 1.82) is 0 Å². The summed E-state index contributed by atoms with van der Waals surface area (Å²) in [7, 11) is 0. The van der Waals surface area contributed by atoms with Gasteiger partial charge in [0.25, 0.3) is 5.91 Å². The van der Waals surface area contributed by atoms with E-state index in [-0.39, 0.29) is 12.5 Å². The third kappa shape index (κ3) is 3.97. The fraction of sp³-hybridized carbons (Fsp3) is 0.364. The van der Waals surface area contributed by atoms with E-state index in [1.165, 1.54) is 10.3 Å². The molecular formula is C22H25N3O2S. The molecule has 0 radical (unpaired) electrons. The van der Waals surface area contributed by atoms with Gasteiger partial charge >= 0.3 is 0 Å². The molecule has 3 aromatic rings. The van der Waals surface area contributed by atoms with Gasteiger partial charge in [0.1, 0.15) is 5.75 Å². The van der Waals surface area contributed by atoms with Gasteiger partial charge in [-0.05, 0) is 29.7 Å². The van der Waals surface area contributed by atoms with E-state index in [9.17, 15) is 4.79 Å². The zero-order chi connectivity index (χ0) is 19.5. The van der Waals surface area contributed by atoms with Gasteiger partial charge < -0.3 is 14.5 Å². The number of ether oxygens (including phenoxy) is 1. The van der Waals surface area contributed by atoms with E-state index in [4.69, 9.17) is 9.72 Å². The van der Waals surface area contributed by atoms with Crippen LogP contribution in [0.1, 0.15) is 25.3 Å². The normalized spacial score (nSPS) is 14.7. The molecule has 5 nitrogen and oxygen atoms in total. The van der Waals surface area contributed by atoms with Crippen molar-refractivity contribution in [2.24, 2.45) is 0 Å². The van der Waals surface area contributed by atoms with Crippen molar-refractivity contribution in [3.63, 3.8) is 0 Å². The maximum Gasteiger partial charge on any atom is 0.260 e. The molecule has 0 N–H and O–H groups in total. The highest BCUT2D eigenvalue weighted by Crippen LogP contribution is 2.33. The van der Waals surface area contributed by atoms with E-state index in [0.29, 0.717) is 19.0 Å². The van der Waals surface area contributed by atoms with Gasteiger partial charge in [-0.1, -0.05) is 55.5 Å². The molecule has 0 aliphatic carbocycles. The number of fused-ring (bicyclic) bond motifs is 1. The van der Waals surface area contributed by atoms with Crippen molar-refractivity contribution >= 4 is 32.6 Å². The minimum atomic E-state index is 0.0369. The molecule has 1 amide bonds. The van der Waals surface area contributed by atoms with Gasteiger partial charge in [0, 0.05) is 26.2 Å². The molecule has 0 unspecified atom stereocenters. The molecule has 1 saturated heterocycles. The maximum absolute atomic E-state index is 12.4. The number of anilines is 1. The lowest BCUT2D eigenvalue weighted by molar-refractivity contribution is -0.133. The third-order valence-corrected chi connectivity index (χ3v) is 6.15. The summed E-state index contributed by atoms with van der Waals surface area (Å²) in [5, 5.41) is 1.05. The number of para-hydroxylation sites is 2. The van der Waals surface area contributed by atoms with Crippen molar-refractivity contribution in [1.82, 2.24) is 9.88 Å². The summed E-state index contributed by atoms with van der Waals surface area (Å²) in [6, 6.07) is 15.9. The van der Waals surface area contributed by atoms with Crippen LogP contribution in [0.15, 0.2) is 48.5 Å². The Hall–Kier alpha value is -2.60. The minimum Gasteiger partial charge on any atom is -0.484 e. The topological polar surface area (TPSA) is 45.7 Å². The molecule has 1 aliphatic rings. The fourth-order valence-corrected chi connectivity index (χ4v) is 4.51.